The molecule has 6 heteroatoms. The number of aliphatic hydroxyl groups is 2. The van der Waals surface area contributed by atoms with Gasteiger partial charge in [-0.05, 0) is 52.7 Å². The van der Waals surface area contributed by atoms with Crippen LogP contribution in [0.25, 0.3) is 0 Å². The van der Waals surface area contributed by atoms with E-state index in [1.165, 1.54) is 0 Å². The molecule has 3 N–H and O–H groups in total. The van der Waals surface area contributed by atoms with Crippen molar-refractivity contribution >= 4 is 11.6 Å². The van der Waals surface area contributed by atoms with Crippen molar-refractivity contribution in [1.29, 1.82) is 0 Å². The van der Waals surface area contributed by atoms with Crippen LogP contribution in [0.5, 0.6) is 0 Å². The van der Waals surface area contributed by atoms with E-state index in [0.717, 1.165) is 11.3 Å². The van der Waals surface area contributed by atoms with Crippen LogP contribution < -0.4 is 5.32 Å². The van der Waals surface area contributed by atoms with Gasteiger partial charge in [-0.1, -0.05) is 11.6 Å². The van der Waals surface area contributed by atoms with Gasteiger partial charge in [0.05, 0.1) is 23.4 Å². The Hall–Kier alpha value is -1.63. The minimum atomic E-state index is -1.14. The highest BCUT2D eigenvalue weighted by Crippen LogP contribution is 2.40. The van der Waals surface area contributed by atoms with E-state index in [1.54, 1.807) is 6.92 Å². The summed E-state index contributed by atoms with van der Waals surface area (Å²) in [6.07, 6.45) is 0.869. The van der Waals surface area contributed by atoms with Crippen LogP contribution in [-0.2, 0) is 4.74 Å². The molecule has 27 heavy (non-hydrogen) atoms. The van der Waals surface area contributed by atoms with Gasteiger partial charge in [-0.2, -0.15) is 0 Å². The van der Waals surface area contributed by atoms with E-state index >= 15 is 0 Å². The molecule has 6 nitrogen and oxygen atoms in total. The second kappa shape index (κ2) is 7.41. The van der Waals surface area contributed by atoms with Crippen molar-refractivity contribution in [3.63, 3.8) is 0 Å². The minimum Gasteiger partial charge on any atom is -0.388 e. The van der Waals surface area contributed by atoms with Gasteiger partial charge in [-0.25, -0.2) is 0 Å². The normalized spacial score (nSPS) is 27.8. The van der Waals surface area contributed by atoms with E-state index in [-0.39, 0.29) is 18.6 Å². The van der Waals surface area contributed by atoms with E-state index in [2.05, 4.69) is 19.2 Å². The molecule has 1 aromatic rings. The molecule has 0 aromatic heterocycles. The predicted octanol–water partition coefficient (Wildman–Crippen LogP) is 2.32. The molecule has 2 atom stereocenters. The van der Waals surface area contributed by atoms with Crippen LogP contribution in [0, 0.1) is 6.92 Å². The number of amides is 1. The van der Waals surface area contributed by atoms with E-state index in [0.29, 0.717) is 37.9 Å². The van der Waals surface area contributed by atoms with Crippen molar-refractivity contribution in [3.05, 3.63) is 29.3 Å². The molecule has 2 saturated heterocycles. The van der Waals surface area contributed by atoms with E-state index in [4.69, 9.17) is 4.74 Å². The average molecular weight is 376 g/mol. The van der Waals surface area contributed by atoms with Crippen LogP contribution >= 0.6 is 0 Å². The Morgan fingerprint density at radius 1 is 1.33 bits per heavy atom. The van der Waals surface area contributed by atoms with Crippen LogP contribution in [-0.4, -0.2) is 64.1 Å². The van der Waals surface area contributed by atoms with Gasteiger partial charge in [-0.3, -0.25) is 4.79 Å². The number of rotatable bonds is 3. The Balaban J connectivity index is 1.72. The quantitative estimate of drug-likeness (QED) is 0.754. The minimum absolute atomic E-state index is 0.0271. The molecule has 0 unspecified atom stereocenters. The number of ether oxygens (including phenoxy) is 1. The lowest BCUT2D eigenvalue weighted by Gasteiger charge is -2.49. The highest BCUT2D eigenvalue weighted by Gasteiger charge is 2.49. The van der Waals surface area contributed by atoms with E-state index in [9.17, 15) is 15.0 Å². The molecule has 2 aliphatic rings. The first-order valence-corrected chi connectivity index (χ1v) is 9.83. The fourth-order valence-electron chi connectivity index (χ4n) is 4.14. The summed E-state index contributed by atoms with van der Waals surface area (Å²) in [5, 5.41) is 23.7. The van der Waals surface area contributed by atoms with Crippen LogP contribution in [0.2, 0.25) is 0 Å². The molecular weight excluding hydrogens is 344 g/mol. The number of piperidine rings is 1. The second-order valence-corrected chi connectivity index (χ2v) is 8.68. The number of aliphatic hydroxyl groups excluding tert-OH is 1. The van der Waals surface area contributed by atoms with Gasteiger partial charge < -0.3 is 25.2 Å². The molecule has 0 radical (unpaired) electrons. The van der Waals surface area contributed by atoms with E-state index in [1.807, 2.05) is 30.0 Å². The Morgan fingerprint density at radius 2 is 2.00 bits per heavy atom. The first-order chi connectivity index (χ1) is 12.6. The van der Waals surface area contributed by atoms with Crippen molar-refractivity contribution in [3.8, 4) is 0 Å². The maximum absolute atomic E-state index is 13.2. The summed E-state index contributed by atoms with van der Waals surface area (Å²) in [6, 6.07) is 6.16. The van der Waals surface area contributed by atoms with Crippen molar-refractivity contribution in [2.24, 2.45) is 0 Å². The van der Waals surface area contributed by atoms with Gasteiger partial charge in [-0.15, -0.1) is 0 Å². The zero-order valence-electron chi connectivity index (χ0n) is 16.8. The molecule has 1 spiro atoms. The highest BCUT2D eigenvalue weighted by molar-refractivity contribution is 6.00. The van der Waals surface area contributed by atoms with Crippen molar-refractivity contribution in [1.82, 2.24) is 4.90 Å². The lowest BCUT2D eigenvalue weighted by atomic mass is 9.76. The molecule has 2 fully saturated rings. The van der Waals surface area contributed by atoms with Crippen molar-refractivity contribution in [2.75, 3.05) is 25.0 Å². The first kappa shape index (κ1) is 20.1. The van der Waals surface area contributed by atoms with Crippen molar-refractivity contribution in [2.45, 2.75) is 70.3 Å². The summed E-state index contributed by atoms with van der Waals surface area (Å²) in [5.74, 6) is 0.0271. The van der Waals surface area contributed by atoms with Gasteiger partial charge in [0.2, 0.25) is 0 Å². The van der Waals surface area contributed by atoms with Crippen molar-refractivity contribution < 1.29 is 19.7 Å². The summed E-state index contributed by atoms with van der Waals surface area (Å²) < 4.78 is 5.92. The molecule has 1 amide bonds. The number of carbonyl (C=O) groups is 1. The van der Waals surface area contributed by atoms with Gasteiger partial charge >= 0.3 is 0 Å². The van der Waals surface area contributed by atoms with Gasteiger partial charge in [0, 0.05) is 31.2 Å². The lowest BCUT2D eigenvalue weighted by molar-refractivity contribution is -0.221. The number of hydrogen-bond donors (Lipinski definition) is 3. The predicted molar refractivity (Wildman–Crippen MR) is 105 cm³/mol. The topological polar surface area (TPSA) is 82.0 Å². The Morgan fingerprint density at radius 3 is 2.59 bits per heavy atom. The standard InChI is InChI=1S/C21H32N2O4/c1-14(2)22-17-6-5-15(3)11-16(17)19(25)23-9-7-21(8-10-23)13-20(4,26)18(24)12-27-21/h5-6,11,14,18,22,24,26H,7-10,12-13H2,1-4H3/t18-,20-/m0/s1. The molecule has 150 valence electrons. The molecule has 3 rings (SSSR count). The Labute approximate surface area is 161 Å². The third-order valence-electron chi connectivity index (χ3n) is 5.76. The Kier molecular flexibility index (Phi) is 5.52. The summed E-state index contributed by atoms with van der Waals surface area (Å²) >= 11 is 0. The first-order valence-electron chi connectivity index (χ1n) is 9.83. The number of hydrogen-bond acceptors (Lipinski definition) is 5. The number of aryl methyl sites for hydroxylation is 1. The Bertz CT molecular complexity index is 693. The number of likely N-dealkylation sites (tertiary alicyclic amines) is 1. The van der Waals surface area contributed by atoms with Crippen LogP contribution in [0.1, 0.15) is 56.0 Å². The monoisotopic (exact) mass is 376 g/mol. The average Bonchev–Trinajstić information content (AvgIpc) is 2.59. The summed E-state index contributed by atoms with van der Waals surface area (Å²) in [6.45, 7) is 9.07. The fraction of sp³-hybridized carbons (Fsp3) is 0.667. The number of nitrogens with zero attached hydrogens (tertiary/aromatic N) is 1. The molecule has 0 bridgehead atoms. The molecule has 0 aliphatic carbocycles. The molecule has 1 aromatic carbocycles. The van der Waals surface area contributed by atoms with Crippen LogP contribution in [0.15, 0.2) is 18.2 Å². The maximum Gasteiger partial charge on any atom is 0.255 e. The third kappa shape index (κ3) is 4.28. The third-order valence-corrected chi connectivity index (χ3v) is 5.76. The molecule has 0 saturated carbocycles. The molecular formula is C21H32N2O4. The number of carbonyl (C=O) groups excluding carboxylic acids is 1. The number of nitrogens with one attached hydrogen (secondary N) is 1. The summed E-state index contributed by atoms with van der Waals surface area (Å²) in [5.41, 5.74) is 1.02. The number of benzene rings is 1. The van der Waals surface area contributed by atoms with Gasteiger partial charge in [0.25, 0.3) is 5.91 Å². The largest absolute Gasteiger partial charge is 0.388 e. The smallest absolute Gasteiger partial charge is 0.255 e. The van der Waals surface area contributed by atoms with Crippen LogP contribution in [0.4, 0.5) is 5.69 Å². The van der Waals surface area contributed by atoms with Gasteiger partial charge in [0.1, 0.15) is 6.10 Å². The number of anilines is 1. The lowest BCUT2D eigenvalue weighted by Crippen LogP contribution is -2.59. The van der Waals surface area contributed by atoms with Crippen LogP contribution in [0.3, 0.4) is 0 Å². The zero-order valence-corrected chi connectivity index (χ0v) is 16.8. The zero-order chi connectivity index (χ0) is 19.8. The van der Waals surface area contributed by atoms with Gasteiger partial charge in [0.15, 0.2) is 0 Å². The summed E-state index contributed by atoms with van der Waals surface area (Å²) in [7, 11) is 0. The maximum atomic E-state index is 13.2. The SMILES string of the molecule is Cc1ccc(NC(C)C)c(C(=O)N2CCC3(CC2)C[C@](C)(O)[C@@H](O)CO3)c1. The molecule has 2 heterocycles. The van der Waals surface area contributed by atoms with E-state index < -0.39 is 17.3 Å². The second-order valence-electron chi connectivity index (χ2n) is 8.68. The summed E-state index contributed by atoms with van der Waals surface area (Å²) in [4.78, 5) is 15.0. The highest BCUT2D eigenvalue weighted by atomic mass is 16.5. The fourth-order valence-corrected chi connectivity index (χ4v) is 4.14. The molecule has 2 aliphatic heterocycles.